The topological polar surface area (TPSA) is 66.4 Å². The van der Waals surface area contributed by atoms with Crippen molar-refractivity contribution < 1.29 is 14.7 Å². The third kappa shape index (κ3) is 2.73. The summed E-state index contributed by atoms with van der Waals surface area (Å²) in [7, 11) is 0. The number of hydrogen-bond donors (Lipinski definition) is 2. The molecule has 2 bridgehead atoms. The molecule has 0 radical (unpaired) electrons. The molecule has 116 valence electrons. The Labute approximate surface area is 138 Å². The van der Waals surface area contributed by atoms with E-state index in [1.807, 2.05) is 12.2 Å². The molecule has 4 atom stereocenters. The molecule has 3 rings (SSSR count). The number of carboxylic acids is 1. The summed E-state index contributed by atoms with van der Waals surface area (Å²) in [6, 6.07) is 5.07. The number of aliphatic carboxylic acids is 1. The standard InChI is InChI=1S/C16H15Cl2NO3/c17-11-4-3-10(12(18)6-11)7-19-15(20)13-8-1-2-9(5-8)14(13)16(21)22/h1-4,6,8-9,13-14H,5,7H2,(H,19,20)(H,21,22)/t8-,9+,13-,14+/m0/s1. The van der Waals surface area contributed by atoms with Crippen LogP contribution >= 0.6 is 23.2 Å². The summed E-state index contributed by atoms with van der Waals surface area (Å²) in [5.74, 6) is -2.27. The summed E-state index contributed by atoms with van der Waals surface area (Å²) in [5, 5.41) is 13.2. The van der Waals surface area contributed by atoms with Gasteiger partial charge in [-0.15, -0.1) is 0 Å². The quantitative estimate of drug-likeness (QED) is 0.828. The molecule has 22 heavy (non-hydrogen) atoms. The molecule has 6 heteroatoms. The predicted octanol–water partition coefficient (Wildman–Crippen LogP) is 3.13. The van der Waals surface area contributed by atoms with Gasteiger partial charge in [-0.3, -0.25) is 9.59 Å². The van der Waals surface area contributed by atoms with E-state index in [4.69, 9.17) is 23.2 Å². The lowest BCUT2D eigenvalue weighted by molar-refractivity contribution is -0.147. The molecule has 0 aliphatic heterocycles. The highest BCUT2D eigenvalue weighted by atomic mass is 35.5. The molecule has 0 unspecified atom stereocenters. The van der Waals surface area contributed by atoms with Gasteiger partial charge in [0.25, 0.3) is 0 Å². The second-order valence-electron chi connectivity index (χ2n) is 5.79. The SMILES string of the molecule is O=C(NCc1ccc(Cl)cc1Cl)[C@@H]1[C@H](C(=O)O)[C@@H]2C=C[C@H]1C2. The number of amides is 1. The van der Waals surface area contributed by atoms with E-state index in [0.29, 0.717) is 10.0 Å². The highest BCUT2D eigenvalue weighted by molar-refractivity contribution is 6.35. The third-order valence-electron chi connectivity index (χ3n) is 4.52. The molecule has 1 fully saturated rings. The highest BCUT2D eigenvalue weighted by Crippen LogP contribution is 2.48. The maximum atomic E-state index is 12.4. The Kier molecular flexibility index (Phi) is 4.15. The largest absolute Gasteiger partial charge is 0.481 e. The third-order valence-corrected chi connectivity index (χ3v) is 5.10. The van der Waals surface area contributed by atoms with Crippen LogP contribution in [0.1, 0.15) is 12.0 Å². The Morgan fingerprint density at radius 3 is 2.50 bits per heavy atom. The lowest BCUT2D eigenvalue weighted by Crippen LogP contribution is -2.39. The lowest BCUT2D eigenvalue weighted by Gasteiger charge is -2.24. The molecule has 1 aromatic carbocycles. The van der Waals surface area contributed by atoms with Crippen LogP contribution in [0.4, 0.5) is 0 Å². The molecule has 2 aliphatic rings. The van der Waals surface area contributed by atoms with Gasteiger partial charge in [-0.1, -0.05) is 41.4 Å². The second-order valence-corrected chi connectivity index (χ2v) is 6.64. The van der Waals surface area contributed by atoms with Crippen LogP contribution < -0.4 is 5.32 Å². The number of carbonyl (C=O) groups is 2. The number of hydrogen-bond acceptors (Lipinski definition) is 2. The zero-order valence-corrected chi connectivity index (χ0v) is 13.1. The fraction of sp³-hybridized carbons (Fsp3) is 0.375. The van der Waals surface area contributed by atoms with Crippen molar-refractivity contribution in [1.82, 2.24) is 5.32 Å². The van der Waals surface area contributed by atoms with Gasteiger partial charge in [-0.2, -0.15) is 0 Å². The summed E-state index contributed by atoms with van der Waals surface area (Å²) in [4.78, 5) is 23.8. The molecule has 2 N–H and O–H groups in total. The first kappa shape index (κ1) is 15.4. The monoisotopic (exact) mass is 339 g/mol. The van der Waals surface area contributed by atoms with Gasteiger partial charge in [0.05, 0.1) is 11.8 Å². The molecule has 1 amide bonds. The smallest absolute Gasteiger partial charge is 0.307 e. The predicted molar refractivity (Wildman–Crippen MR) is 83.7 cm³/mol. The first-order valence-corrected chi connectivity index (χ1v) is 7.85. The van der Waals surface area contributed by atoms with Gasteiger partial charge < -0.3 is 10.4 Å². The zero-order valence-electron chi connectivity index (χ0n) is 11.6. The molecule has 0 heterocycles. The molecule has 2 aliphatic carbocycles. The number of halogens is 2. The minimum atomic E-state index is -0.901. The van der Waals surface area contributed by atoms with Crippen LogP contribution in [0.3, 0.4) is 0 Å². The van der Waals surface area contributed by atoms with Gasteiger partial charge in [0.2, 0.25) is 5.91 Å². The summed E-state index contributed by atoms with van der Waals surface area (Å²) in [6.07, 6.45) is 4.63. The number of carbonyl (C=O) groups excluding carboxylic acids is 1. The lowest BCUT2D eigenvalue weighted by atomic mass is 9.82. The number of rotatable bonds is 4. The average molecular weight is 340 g/mol. The van der Waals surface area contributed by atoms with Crippen LogP contribution in [-0.2, 0) is 16.1 Å². The number of carboxylic acid groups (broad SMARTS) is 1. The molecule has 4 nitrogen and oxygen atoms in total. The minimum absolute atomic E-state index is 0.0202. The zero-order chi connectivity index (χ0) is 15.9. The summed E-state index contributed by atoms with van der Waals surface area (Å²) < 4.78 is 0. The van der Waals surface area contributed by atoms with Gasteiger partial charge in [0, 0.05) is 16.6 Å². The van der Waals surface area contributed by atoms with Crippen molar-refractivity contribution in [3.8, 4) is 0 Å². The summed E-state index contributed by atoms with van der Waals surface area (Å²) >= 11 is 11.9. The van der Waals surface area contributed by atoms with Crippen molar-refractivity contribution in [1.29, 1.82) is 0 Å². The molecule has 0 saturated heterocycles. The number of nitrogens with one attached hydrogen (secondary N) is 1. The number of allylic oxidation sites excluding steroid dienone is 2. The van der Waals surface area contributed by atoms with Gasteiger partial charge in [0.15, 0.2) is 0 Å². The Hall–Kier alpha value is -1.52. The van der Waals surface area contributed by atoms with Gasteiger partial charge in [0.1, 0.15) is 0 Å². The second kappa shape index (κ2) is 5.94. The molecular weight excluding hydrogens is 325 g/mol. The molecule has 0 aromatic heterocycles. The number of fused-ring (bicyclic) bond motifs is 2. The molecule has 1 saturated carbocycles. The maximum Gasteiger partial charge on any atom is 0.307 e. The van der Waals surface area contributed by atoms with Crippen LogP contribution in [0.2, 0.25) is 10.0 Å². The van der Waals surface area contributed by atoms with E-state index in [-0.39, 0.29) is 24.3 Å². The Morgan fingerprint density at radius 2 is 1.86 bits per heavy atom. The highest BCUT2D eigenvalue weighted by Gasteiger charge is 2.51. The number of benzene rings is 1. The van der Waals surface area contributed by atoms with Crippen molar-refractivity contribution in [2.75, 3.05) is 0 Å². The van der Waals surface area contributed by atoms with Crippen LogP contribution in [0.25, 0.3) is 0 Å². The van der Waals surface area contributed by atoms with Crippen molar-refractivity contribution in [3.05, 3.63) is 46.0 Å². The van der Waals surface area contributed by atoms with Crippen LogP contribution in [-0.4, -0.2) is 17.0 Å². The van der Waals surface area contributed by atoms with Crippen molar-refractivity contribution in [2.45, 2.75) is 13.0 Å². The Balaban J connectivity index is 1.69. The van der Waals surface area contributed by atoms with Crippen LogP contribution in [0.15, 0.2) is 30.4 Å². The maximum absolute atomic E-state index is 12.4. The van der Waals surface area contributed by atoms with E-state index < -0.39 is 17.8 Å². The normalized spacial score (nSPS) is 28.8. The van der Waals surface area contributed by atoms with E-state index in [9.17, 15) is 14.7 Å². The molecular formula is C16H15Cl2NO3. The van der Waals surface area contributed by atoms with E-state index in [0.717, 1.165) is 12.0 Å². The molecule has 0 spiro atoms. The van der Waals surface area contributed by atoms with Crippen LogP contribution in [0, 0.1) is 23.7 Å². The van der Waals surface area contributed by atoms with Gasteiger partial charge in [-0.25, -0.2) is 0 Å². The Bertz CT molecular complexity index is 659. The first-order valence-electron chi connectivity index (χ1n) is 7.10. The minimum Gasteiger partial charge on any atom is -0.481 e. The first-order chi connectivity index (χ1) is 10.5. The Morgan fingerprint density at radius 1 is 1.18 bits per heavy atom. The van der Waals surface area contributed by atoms with Gasteiger partial charge >= 0.3 is 5.97 Å². The van der Waals surface area contributed by atoms with Crippen molar-refractivity contribution in [3.63, 3.8) is 0 Å². The van der Waals surface area contributed by atoms with E-state index in [1.165, 1.54) is 0 Å². The molecule has 1 aromatic rings. The van der Waals surface area contributed by atoms with E-state index in [1.54, 1.807) is 18.2 Å². The van der Waals surface area contributed by atoms with Gasteiger partial charge in [-0.05, 0) is 36.0 Å². The summed E-state index contributed by atoms with van der Waals surface area (Å²) in [5.41, 5.74) is 0.755. The summed E-state index contributed by atoms with van der Waals surface area (Å²) in [6.45, 7) is 0.263. The van der Waals surface area contributed by atoms with E-state index in [2.05, 4.69) is 5.32 Å². The van der Waals surface area contributed by atoms with E-state index >= 15 is 0 Å². The average Bonchev–Trinajstić information content (AvgIpc) is 3.06. The fourth-order valence-electron chi connectivity index (χ4n) is 3.48. The van der Waals surface area contributed by atoms with Crippen LogP contribution in [0.5, 0.6) is 0 Å². The fourth-order valence-corrected chi connectivity index (χ4v) is 3.96. The van der Waals surface area contributed by atoms with Crippen molar-refractivity contribution in [2.24, 2.45) is 23.7 Å². The van der Waals surface area contributed by atoms with Crippen molar-refractivity contribution >= 4 is 35.1 Å².